The molecule has 2 aromatic heterocycles. The van der Waals surface area contributed by atoms with Crippen molar-refractivity contribution in [2.24, 2.45) is 11.8 Å². The summed E-state index contributed by atoms with van der Waals surface area (Å²) in [6, 6.07) is 11.9. The molecule has 0 aliphatic carbocycles. The standard InChI is InChI=1S/C24H30N4O2S/c1-17(2)10-12-25-22(29)19-9-6-13-27(16-19)24-26-20-11-14-31-21(20)23(30)28(24)15-18-7-4-3-5-8-18/h3-5,7-8,11,14,17,19H,6,9-10,12-13,15-16H2,1-2H3,(H,25,29)/t19-/m1/s1. The number of rotatable bonds is 7. The molecule has 0 bridgehead atoms. The lowest BCUT2D eigenvalue weighted by Gasteiger charge is -2.34. The van der Waals surface area contributed by atoms with E-state index in [1.165, 1.54) is 11.3 Å². The molecule has 4 rings (SSSR count). The average molecular weight is 439 g/mol. The summed E-state index contributed by atoms with van der Waals surface area (Å²) < 4.78 is 2.45. The van der Waals surface area contributed by atoms with Crippen molar-refractivity contribution in [3.63, 3.8) is 0 Å². The normalized spacial score (nSPS) is 16.7. The third kappa shape index (κ3) is 4.98. The summed E-state index contributed by atoms with van der Waals surface area (Å²) >= 11 is 1.43. The minimum absolute atomic E-state index is 0.0117. The van der Waals surface area contributed by atoms with Gasteiger partial charge in [0.2, 0.25) is 11.9 Å². The number of nitrogens with zero attached hydrogens (tertiary/aromatic N) is 3. The minimum Gasteiger partial charge on any atom is -0.356 e. The zero-order chi connectivity index (χ0) is 21.8. The van der Waals surface area contributed by atoms with Gasteiger partial charge in [-0.1, -0.05) is 44.2 Å². The van der Waals surface area contributed by atoms with Gasteiger partial charge in [-0.3, -0.25) is 14.2 Å². The van der Waals surface area contributed by atoms with Crippen LogP contribution in [0.3, 0.4) is 0 Å². The predicted molar refractivity (Wildman–Crippen MR) is 127 cm³/mol. The van der Waals surface area contributed by atoms with Gasteiger partial charge in [0.15, 0.2) is 0 Å². The first kappa shape index (κ1) is 21.6. The summed E-state index contributed by atoms with van der Waals surface area (Å²) in [5.41, 5.74) is 1.78. The number of fused-ring (bicyclic) bond motifs is 1. The number of thiophene rings is 1. The number of carbonyl (C=O) groups excluding carboxylic acids is 1. The maximum absolute atomic E-state index is 13.3. The maximum Gasteiger partial charge on any atom is 0.273 e. The van der Waals surface area contributed by atoms with Crippen LogP contribution >= 0.6 is 11.3 Å². The fourth-order valence-electron chi connectivity index (χ4n) is 4.08. The van der Waals surface area contributed by atoms with Gasteiger partial charge in [0.25, 0.3) is 5.56 Å². The van der Waals surface area contributed by atoms with Crippen LogP contribution in [0.15, 0.2) is 46.6 Å². The second-order valence-electron chi connectivity index (χ2n) is 8.68. The molecule has 3 heterocycles. The topological polar surface area (TPSA) is 67.2 Å². The quantitative estimate of drug-likeness (QED) is 0.608. The van der Waals surface area contributed by atoms with Crippen LogP contribution in [-0.4, -0.2) is 35.1 Å². The zero-order valence-electron chi connectivity index (χ0n) is 18.2. The first-order valence-electron chi connectivity index (χ1n) is 11.1. The van der Waals surface area contributed by atoms with E-state index in [1.807, 2.05) is 41.8 Å². The Labute approximate surface area is 186 Å². The summed E-state index contributed by atoms with van der Waals surface area (Å²) in [7, 11) is 0. The molecule has 0 spiro atoms. The average Bonchev–Trinajstić information content (AvgIpc) is 3.25. The molecule has 6 nitrogen and oxygen atoms in total. The summed E-state index contributed by atoms with van der Waals surface area (Å²) in [5.74, 6) is 1.26. The van der Waals surface area contributed by atoms with Gasteiger partial charge in [-0.2, -0.15) is 0 Å². The molecule has 1 N–H and O–H groups in total. The third-order valence-electron chi connectivity index (χ3n) is 5.83. The molecular weight excluding hydrogens is 408 g/mol. The van der Waals surface area contributed by atoms with Crippen LogP contribution < -0.4 is 15.8 Å². The van der Waals surface area contributed by atoms with Crippen molar-refractivity contribution in [3.05, 3.63) is 57.7 Å². The highest BCUT2D eigenvalue weighted by Gasteiger charge is 2.28. The number of benzene rings is 1. The molecule has 0 unspecified atom stereocenters. The van der Waals surface area contributed by atoms with Gasteiger partial charge in [-0.25, -0.2) is 4.98 Å². The third-order valence-corrected chi connectivity index (χ3v) is 6.72. The van der Waals surface area contributed by atoms with E-state index < -0.39 is 0 Å². The van der Waals surface area contributed by atoms with Crippen LogP contribution in [0.25, 0.3) is 10.2 Å². The van der Waals surface area contributed by atoms with Crippen LogP contribution in [-0.2, 0) is 11.3 Å². The Hall–Kier alpha value is -2.67. The number of nitrogens with one attached hydrogen (secondary N) is 1. The van der Waals surface area contributed by atoms with Crippen LogP contribution in [0.2, 0.25) is 0 Å². The van der Waals surface area contributed by atoms with Crippen LogP contribution in [0.4, 0.5) is 5.95 Å². The molecular formula is C24H30N4O2S. The van der Waals surface area contributed by atoms with Crippen LogP contribution in [0.1, 0.15) is 38.7 Å². The molecule has 7 heteroatoms. The van der Waals surface area contributed by atoms with Crippen molar-refractivity contribution in [2.75, 3.05) is 24.5 Å². The van der Waals surface area contributed by atoms with Crippen LogP contribution in [0, 0.1) is 11.8 Å². The lowest BCUT2D eigenvalue weighted by Crippen LogP contribution is -2.45. The first-order chi connectivity index (χ1) is 15.0. The molecule has 1 aromatic carbocycles. The SMILES string of the molecule is CC(C)CCNC(=O)[C@@H]1CCCN(c2nc3ccsc3c(=O)n2Cc2ccccc2)C1. The Bertz CT molecular complexity index is 1090. The number of aromatic nitrogens is 2. The second-order valence-corrected chi connectivity index (χ2v) is 9.60. The molecule has 1 amide bonds. The fraction of sp³-hybridized carbons (Fsp3) is 0.458. The summed E-state index contributed by atoms with van der Waals surface area (Å²) in [6.45, 7) is 6.89. The molecule has 1 aliphatic rings. The van der Waals surface area contributed by atoms with Gasteiger partial charge in [0, 0.05) is 19.6 Å². The van der Waals surface area contributed by atoms with Gasteiger partial charge in [0.1, 0.15) is 4.70 Å². The predicted octanol–water partition coefficient (Wildman–Crippen LogP) is 3.89. The molecule has 164 valence electrons. The Kier molecular flexibility index (Phi) is 6.70. The van der Waals surface area contributed by atoms with E-state index >= 15 is 0 Å². The van der Waals surface area contributed by atoms with Gasteiger partial charge < -0.3 is 10.2 Å². The first-order valence-corrected chi connectivity index (χ1v) is 12.0. The smallest absolute Gasteiger partial charge is 0.273 e. The van der Waals surface area contributed by atoms with Gasteiger partial charge >= 0.3 is 0 Å². The summed E-state index contributed by atoms with van der Waals surface area (Å²) in [5, 5.41) is 5.01. The number of carbonyl (C=O) groups is 1. The van der Waals surface area contributed by atoms with E-state index in [1.54, 1.807) is 4.57 Å². The van der Waals surface area contributed by atoms with Crippen molar-refractivity contribution in [1.29, 1.82) is 0 Å². The number of hydrogen-bond donors (Lipinski definition) is 1. The van der Waals surface area contributed by atoms with Gasteiger partial charge in [-0.15, -0.1) is 11.3 Å². The van der Waals surface area contributed by atoms with E-state index in [4.69, 9.17) is 4.98 Å². The zero-order valence-corrected chi connectivity index (χ0v) is 19.0. The Morgan fingerprint density at radius 1 is 1.26 bits per heavy atom. The number of hydrogen-bond acceptors (Lipinski definition) is 5. The maximum atomic E-state index is 13.3. The van der Waals surface area contributed by atoms with Crippen LogP contribution in [0.5, 0.6) is 0 Å². The Balaban J connectivity index is 1.61. The highest BCUT2D eigenvalue weighted by Crippen LogP contribution is 2.25. The molecule has 31 heavy (non-hydrogen) atoms. The van der Waals surface area contributed by atoms with Crippen molar-refractivity contribution < 1.29 is 4.79 Å². The number of anilines is 1. The summed E-state index contributed by atoms with van der Waals surface area (Å²) in [4.78, 5) is 33.0. The lowest BCUT2D eigenvalue weighted by molar-refractivity contribution is -0.125. The van der Waals surface area contributed by atoms with E-state index in [0.29, 0.717) is 36.2 Å². The van der Waals surface area contributed by atoms with Gasteiger partial charge in [0.05, 0.1) is 18.0 Å². The molecule has 3 aromatic rings. The highest BCUT2D eigenvalue weighted by atomic mass is 32.1. The summed E-state index contributed by atoms with van der Waals surface area (Å²) in [6.07, 6.45) is 2.76. The lowest BCUT2D eigenvalue weighted by atomic mass is 9.97. The Morgan fingerprint density at radius 2 is 2.06 bits per heavy atom. The fourth-order valence-corrected chi connectivity index (χ4v) is 4.86. The Morgan fingerprint density at radius 3 is 2.84 bits per heavy atom. The van der Waals surface area contributed by atoms with E-state index in [0.717, 1.165) is 36.9 Å². The molecule has 1 atom stereocenters. The van der Waals surface area contributed by atoms with E-state index in [9.17, 15) is 9.59 Å². The highest BCUT2D eigenvalue weighted by molar-refractivity contribution is 7.17. The minimum atomic E-state index is -0.0823. The molecule has 1 saturated heterocycles. The van der Waals surface area contributed by atoms with Crippen molar-refractivity contribution in [3.8, 4) is 0 Å². The largest absolute Gasteiger partial charge is 0.356 e. The molecule has 1 fully saturated rings. The number of amides is 1. The van der Waals surface area contributed by atoms with E-state index in [2.05, 4.69) is 24.1 Å². The van der Waals surface area contributed by atoms with Gasteiger partial charge in [-0.05, 0) is 42.2 Å². The monoisotopic (exact) mass is 438 g/mol. The number of piperidine rings is 1. The van der Waals surface area contributed by atoms with Crippen molar-refractivity contribution in [2.45, 2.75) is 39.7 Å². The van der Waals surface area contributed by atoms with Crippen molar-refractivity contribution >= 4 is 33.4 Å². The molecule has 0 saturated carbocycles. The van der Waals surface area contributed by atoms with E-state index in [-0.39, 0.29) is 17.4 Å². The molecule has 1 aliphatic heterocycles. The van der Waals surface area contributed by atoms with Crippen molar-refractivity contribution in [1.82, 2.24) is 14.9 Å². The molecule has 0 radical (unpaired) electrons. The second kappa shape index (κ2) is 9.64.